The lowest BCUT2D eigenvalue weighted by atomic mass is 9.87. The smallest absolute Gasteiger partial charge is 0.303 e. The van der Waals surface area contributed by atoms with Crippen LogP contribution in [0.25, 0.3) is 0 Å². The molecule has 0 aromatic carbocycles. The Bertz CT molecular complexity index is 1220. The molecular weight excluding hydrogens is 616 g/mol. The van der Waals surface area contributed by atoms with Crippen molar-refractivity contribution in [2.45, 2.75) is 109 Å². The summed E-state index contributed by atoms with van der Waals surface area (Å²) in [6.45, 7) is 9.34. The fourth-order valence-corrected chi connectivity index (χ4v) is 5.96. The van der Waals surface area contributed by atoms with E-state index in [2.05, 4.69) is 29.0 Å². The molecule has 3 heterocycles. The molecule has 3 fully saturated rings. The molecule has 0 unspecified atom stereocenters. The summed E-state index contributed by atoms with van der Waals surface area (Å²) < 4.78 is 22.9. The third kappa shape index (κ3) is 11.6. The van der Waals surface area contributed by atoms with Crippen LogP contribution in [-0.4, -0.2) is 102 Å². The molecule has 46 heavy (non-hydrogen) atoms. The summed E-state index contributed by atoms with van der Waals surface area (Å²) >= 11 is 1.31. The molecule has 256 valence electrons. The number of aliphatic hydroxyl groups is 1. The van der Waals surface area contributed by atoms with Crippen LogP contribution >= 0.6 is 11.8 Å². The van der Waals surface area contributed by atoms with E-state index in [9.17, 15) is 24.3 Å². The molecule has 3 aliphatic rings. The lowest BCUT2D eigenvalue weighted by molar-refractivity contribution is -0.145. The summed E-state index contributed by atoms with van der Waals surface area (Å²) in [7, 11) is 0. The molecule has 3 amide bonds. The highest BCUT2D eigenvalue weighted by Gasteiger charge is 2.58. The molecule has 0 aromatic heterocycles. The largest absolute Gasteiger partial charge is 0.459 e. The zero-order valence-electron chi connectivity index (χ0n) is 27.4. The molecule has 0 aromatic rings. The zero-order chi connectivity index (χ0) is 34.0. The van der Waals surface area contributed by atoms with E-state index < -0.39 is 41.9 Å². The van der Waals surface area contributed by atoms with Gasteiger partial charge >= 0.3 is 5.97 Å². The van der Waals surface area contributed by atoms with E-state index in [1.54, 1.807) is 19.3 Å². The van der Waals surface area contributed by atoms with E-state index in [-0.39, 0.29) is 54.1 Å². The van der Waals surface area contributed by atoms with Gasteiger partial charge in [-0.15, -0.1) is 0 Å². The van der Waals surface area contributed by atoms with Gasteiger partial charge in [0.05, 0.1) is 43.1 Å². The Morgan fingerprint density at radius 2 is 1.83 bits per heavy atom. The molecular formula is C32H48N4O9S. The molecule has 3 saturated heterocycles. The number of nitrogens with one attached hydrogen (secondary N) is 4. The van der Waals surface area contributed by atoms with Gasteiger partial charge in [-0.2, -0.15) is 11.8 Å². The third-order valence-electron chi connectivity index (χ3n) is 8.14. The van der Waals surface area contributed by atoms with Crippen molar-refractivity contribution in [3.8, 4) is 0 Å². The standard InChI is InChI=1S/C32H48N4O9S/c1-18(7-10-25-19(2)13-24(21(4)44-25)34-27(38)12-9-20(3)43-22(5)37)8-11-26-30(41)32(17-42-32)15-23(45-26)14-28(39)35-31(33)36-29(40)16-46-6/h7-9,11-12,19-21,23-26,30,41H,10,13-17H2,1-6H3,(H,34,38)(H3,33,35,36,39,40)/b11-8+,12-9-,18-7+/t19-,20-,21+,23+,24+,25-,26+,30+,32+/m0/s1. The Morgan fingerprint density at radius 1 is 1.13 bits per heavy atom. The van der Waals surface area contributed by atoms with Crippen molar-refractivity contribution in [2.24, 2.45) is 5.92 Å². The number of hydrogen-bond donors (Lipinski definition) is 5. The summed E-state index contributed by atoms with van der Waals surface area (Å²) in [5.41, 5.74) is 0.182. The predicted octanol–water partition coefficient (Wildman–Crippen LogP) is 1.89. The Balaban J connectivity index is 1.50. The van der Waals surface area contributed by atoms with Gasteiger partial charge in [-0.1, -0.05) is 30.7 Å². The number of amides is 3. The van der Waals surface area contributed by atoms with E-state index >= 15 is 0 Å². The van der Waals surface area contributed by atoms with E-state index in [4.69, 9.17) is 24.4 Å². The average Bonchev–Trinajstić information content (AvgIpc) is 3.73. The quantitative estimate of drug-likeness (QED) is 0.0515. The second-order valence-corrected chi connectivity index (χ2v) is 13.1. The number of allylic oxidation sites excluding steroid dienone is 2. The summed E-state index contributed by atoms with van der Waals surface area (Å²) in [6, 6.07) is -0.154. The average molecular weight is 665 g/mol. The summed E-state index contributed by atoms with van der Waals surface area (Å²) in [4.78, 5) is 47.6. The minimum Gasteiger partial charge on any atom is -0.459 e. The highest BCUT2D eigenvalue weighted by atomic mass is 32.2. The van der Waals surface area contributed by atoms with Gasteiger partial charge in [0.25, 0.3) is 0 Å². The van der Waals surface area contributed by atoms with Crippen LogP contribution in [0.3, 0.4) is 0 Å². The third-order valence-corrected chi connectivity index (χ3v) is 8.69. The molecule has 9 atom stereocenters. The maximum absolute atomic E-state index is 12.5. The molecule has 3 rings (SSSR count). The van der Waals surface area contributed by atoms with Crippen molar-refractivity contribution < 1.29 is 43.2 Å². The number of epoxide rings is 1. The van der Waals surface area contributed by atoms with E-state index in [1.165, 1.54) is 30.8 Å². The van der Waals surface area contributed by atoms with Crippen LogP contribution in [0, 0.1) is 11.3 Å². The molecule has 14 heteroatoms. The number of rotatable bonds is 12. The SMILES string of the molecule is CSCC(=O)NC(=N)NC(=O)C[C@@H]1C[C@@]2(CO2)[C@H](O)[C@@H](/C=C/C(C)=C/C[C@@H]2O[C@H](C)[C@H](NC(=O)/C=C\[C@H](C)OC(C)=O)C[C@@H]2C)O1. The molecule has 0 saturated carbocycles. The van der Waals surface area contributed by atoms with Crippen molar-refractivity contribution in [3.63, 3.8) is 0 Å². The first-order valence-corrected chi connectivity index (χ1v) is 16.9. The second kappa shape index (κ2) is 17.2. The van der Waals surface area contributed by atoms with Gasteiger partial charge in [0.15, 0.2) is 0 Å². The minimum atomic E-state index is -0.894. The van der Waals surface area contributed by atoms with Crippen molar-refractivity contribution in [2.75, 3.05) is 18.6 Å². The second-order valence-electron chi connectivity index (χ2n) is 12.3. The number of guanidine groups is 1. The summed E-state index contributed by atoms with van der Waals surface area (Å²) in [5.74, 6) is -1.56. The number of thioether (sulfide) groups is 1. The van der Waals surface area contributed by atoms with Crippen molar-refractivity contribution in [3.05, 3.63) is 36.0 Å². The van der Waals surface area contributed by atoms with Gasteiger partial charge in [0, 0.05) is 19.4 Å². The first-order chi connectivity index (χ1) is 21.7. The Labute approximate surface area is 274 Å². The van der Waals surface area contributed by atoms with E-state index in [0.29, 0.717) is 19.4 Å². The normalized spacial score (nSPS) is 31.8. The van der Waals surface area contributed by atoms with Crippen LogP contribution in [0.2, 0.25) is 0 Å². The molecule has 1 spiro atoms. The fraction of sp³-hybridized carbons (Fsp3) is 0.656. The lowest BCUT2D eigenvalue weighted by Crippen LogP contribution is -2.51. The van der Waals surface area contributed by atoms with Gasteiger partial charge in [-0.3, -0.25) is 35.2 Å². The number of carbonyl (C=O) groups is 4. The van der Waals surface area contributed by atoms with Crippen LogP contribution in [0.5, 0.6) is 0 Å². The van der Waals surface area contributed by atoms with E-state index in [1.807, 2.05) is 19.9 Å². The van der Waals surface area contributed by atoms with Gasteiger partial charge in [0.2, 0.25) is 23.7 Å². The monoisotopic (exact) mass is 664 g/mol. The Kier molecular flexibility index (Phi) is 14.0. The minimum absolute atomic E-state index is 0.0437. The van der Waals surface area contributed by atoms with Gasteiger partial charge in [-0.05, 0) is 51.9 Å². The highest BCUT2D eigenvalue weighted by molar-refractivity contribution is 7.99. The van der Waals surface area contributed by atoms with Crippen molar-refractivity contribution in [1.29, 1.82) is 5.41 Å². The number of carbonyl (C=O) groups excluding carboxylic acids is 4. The highest BCUT2D eigenvalue weighted by Crippen LogP contribution is 2.43. The first-order valence-electron chi connectivity index (χ1n) is 15.5. The predicted molar refractivity (Wildman–Crippen MR) is 173 cm³/mol. The maximum Gasteiger partial charge on any atom is 0.303 e. The molecule has 3 aliphatic heterocycles. The van der Waals surface area contributed by atoms with Crippen LogP contribution in [0.15, 0.2) is 36.0 Å². The molecule has 5 N–H and O–H groups in total. The van der Waals surface area contributed by atoms with Gasteiger partial charge in [-0.25, -0.2) is 0 Å². The molecule has 0 bridgehead atoms. The maximum atomic E-state index is 12.5. The molecule has 0 radical (unpaired) electrons. The Morgan fingerprint density at radius 3 is 2.48 bits per heavy atom. The summed E-state index contributed by atoms with van der Waals surface area (Å²) in [5, 5.41) is 26.4. The molecule has 0 aliphatic carbocycles. The lowest BCUT2D eigenvalue weighted by Gasteiger charge is -2.39. The Hall–Kier alpha value is -3.04. The van der Waals surface area contributed by atoms with Crippen molar-refractivity contribution in [1.82, 2.24) is 16.0 Å². The van der Waals surface area contributed by atoms with Crippen molar-refractivity contribution >= 4 is 41.4 Å². The topological polar surface area (TPSA) is 189 Å². The van der Waals surface area contributed by atoms with Crippen LogP contribution in [0.1, 0.15) is 60.3 Å². The number of hydrogen-bond acceptors (Lipinski definition) is 11. The van der Waals surface area contributed by atoms with Crippen LogP contribution in [0.4, 0.5) is 0 Å². The van der Waals surface area contributed by atoms with Gasteiger partial charge < -0.3 is 29.4 Å². The van der Waals surface area contributed by atoms with E-state index in [0.717, 1.165) is 12.0 Å². The molecule has 13 nitrogen and oxygen atoms in total. The fourth-order valence-electron chi connectivity index (χ4n) is 5.62. The van der Waals surface area contributed by atoms with Gasteiger partial charge in [0.1, 0.15) is 23.9 Å². The zero-order valence-corrected chi connectivity index (χ0v) is 28.2. The number of esters is 1. The number of ether oxygens (including phenoxy) is 4. The first kappa shape index (κ1) is 37.4. The summed E-state index contributed by atoms with van der Waals surface area (Å²) in [6.07, 6.45) is 9.19. The number of aliphatic hydroxyl groups excluding tert-OH is 1. The van der Waals surface area contributed by atoms with Crippen LogP contribution < -0.4 is 16.0 Å². The van der Waals surface area contributed by atoms with Crippen LogP contribution in [-0.2, 0) is 38.1 Å².